The minimum absolute atomic E-state index is 0.219. The van der Waals surface area contributed by atoms with Crippen LogP contribution in [0.15, 0.2) is 37.8 Å². The van der Waals surface area contributed by atoms with E-state index in [1.54, 1.807) is 29.7 Å². The van der Waals surface area contributed by atoms with E-state index in [0.29, 0.717) is 4.67 Å². The molecule has 0 bridgehead atoms. The van der Waals surface area contributed by atoms with Crippen molar-refractivity contribution in [2.24, 2.45) is 5.10 Å². The predicted octanol–water partition coefficient (Wildman–Crippen LogP) is 3.18. The summed E-state index contributed by atoms with van der Waals surface area (Å²) in [5.74, 6) is -0.155. The van der Waals surface area contributed by atoms with Crippen LogP contribution in [0.5, 0.6) is 0 Å². The van der Waals surface area contributed by atoms with Gasteiger partial charge in [-0.05, 0) is 52.0 Å². The molecule has 0 aromatic carbocycles. The van der Waals surface area contributed by atoms with E-state index in [-0.39, 0.29) is 11.7 Å². The lowest BCUT2D eigenvalue weighted by Gasteiger charge is -1.94. The molecule has 2 rings (SSSR count). The monoisotopic (exact) mass is 312 g/mol. The summed E-state index contributed by atoms with van der Waals surface area (Å²) in [5.41, 5.74) is 3.53. The molecule has 0 saturated carbocycles. The smallest absolute Gasteiger partial charge is 0.307 e. The maximum atomic E-state index is 11.5. The molecule has 1 N–H and O–H groups in total. The minimum atomic E-state index is -0.374. The highest BCUT2D eigenvalue weighted by Crippen LogP contribution is 2.14. The second-order valence-electron chi connectivity index (χ2n) is 3.27. The summed E-state index contributed by atoms with van der Waals surface area (Å²) < 4.78 is 5.60. The molecule has 0 fully saturated rings. The van der Waals surface area contributed by atoms with E-state index in [4.69, 9.17) is 4.42 Å². The van der Waals surface area contributed by atoms with Crippen LogP contribution in [0.1, 0.15) is 21.0 Å². The SMILES string of the molecule is Cc1ccsc1/C=N\NC(=O)c1ccc(Br)o1. The van der Waals surface area contributed by atoms with Gasteiger partial charge in [0.2, 0.25) is 0 Å². The number of furan rings is 1. The van der Waals surface area contributed by atoms with E-state index in [9.17, 15) is 4.79 Å². The van der Waals surface area contributed by atoms with Gasteiger partial charge in [0, 0.05) is 4.88 Å². The number of hydrogen-bond donors (Lipinski definition) is 1. The van der Waals surface area contributed by atoms with Crippen molar-refractivity contribution in [2.45, 2.75) is 6.92 Å². The molecule has 0 atom stereocenters. The number of rotatable bonds is 3. The topological polar surface area (TPSA) is 54.6 Å². The third-order valence-corrected chi connectivity index (χ3v) is 3.43. The molecule has 2 aromatic heterocycles. The number of nitrogens with one attached hydrogen (secondary N) is 1. The van der Waals surface area contributed by atoms with Crippen molar-refractivity contribution in [1.82, 2.24) is 5.43 Å². The minimum Gasteiger partial charge on any atom is -0.444 e. The van der Waals surface area contributed by atoms with E-state index in [1.807, 2.05) is 18.4 Å². The molecule has 17 heavy (non-hydrogen) atoms. The molecule has 0 spiro atoms. The summed E-state index contributed by atoms with van der Waals surface area (Å²) in [6.45, 7) is 1.99. The van der Waals surface area contributed by atoms with Crippen LogP contribution in [0, 0.1) is 6.92 Å². The van der Waals surface area contributed by atoms with Crippen LogP contribution in [0.2, 0.25) is 0 Å². The first-order valence-electron chi connectivity index (χ1n) is 4.79. The van der Waals surface area contributed by atoms with Crippen LogP contribution >= 0.6 is 27.3 Å². The van der Waals surface area contributed by atoms with Gasteiger partial charge in [-0.1, -0.05) is 0 Å². The quantitative estimate of drug-likeness (QED) is 0.699. The highest BCUT2D eigenvalue weighted by atomic mass is 79.9. The van der Waals surface area contributed by atoms with Crippen molar-refractivity contribution in [1.29, 1.82) is 0 Å². The second kappa shape index (κ2) is 5.29. The summed E-state index contributed by atoms with van der Waals surface area (Å²) in [5, 5.41) is 5.85. The molecule has 4 nitrogen and oxygen atoms in total. The molecule has 0 unspecified atom stereocenters. The lowest BCUT2D eigenvalue weighted by molar-refractivity contribution is 0.0926. The summed E-state index contributed by atoms with van der Waals surface area (Å²) in [6, 6.07) is 5.23. The Kier molecular flexibility index (Phi) is 3.75. The zero-order valence-corrected chi connectivity index (χ0v) is 11.3. The van der Waals surface area contributed by atoms with Crippen molar-refractivity contribution >= 4 is 39.4 Å². The molecule has 0 aliphatic carbocycles. The number of halogens is 1. The number of carbonyl (C=O) groups excluding carboxylic acids is 1. The van der Waals surface area contributed by atoms with E-state index in [1.165, 1.54) is 0 Å². The molecule has 0 aliphatic heterocycles. The summed E-state index contributed by atoms with van der Waals surface area (Å²) >= 11 is 4.70. The Morgan fingerprint density at radius 2 is 2.35 bits per heavy atom. The van der Waals surface area contributed by atoms with Crippen molar-refractivity contribution in [2.75, 3.05) is 0 Å². The first-order valence-corrected chi connectivity index (χ1v) is 6.47. The number of amides is 1. The van der Waals surface area contributed by atoms with Gasteiger partial charge in [0.15, 0.2) is 10.4 Å². The number of aryl methyl sites for hydroxylation is 1. The number of hydrazone groups is 1. The van der Waals surface area contributed by atoms with Crippen LogP contribution in [0.25, 0.3) is 0 Å². The van der Waals surface area contributed by atoms with Gasteiger partial charge < -0.3 is 4.42 Å². The Balaban J connectivity index is 1.97. The maximum absolute atomic E-state index is 11.5. The van der Waals surface area contributed by atoms with Gasteiger partial charge in [-0.2, -0.15) is 5.10 Å². The number of carbonyl (C=O) groups is 1. The summed E-state index contributed by atoms with van der Waals surface area (Å²) in [7, 11) is 0. The molecular weight excluding hydrogens is 304 g/mol. The van der Waals surface area contributed by atoms with Crippen LogP contribution in [-0.2, 0) is 0 Å². The van der Waals surface area contributed by atoms with E-state index >= 15 is 0 Å². The lowest BCUT2D eigenvalue weighted by Crippen LogP contribution is -2.16. The Morgan fingerprint density at radius 1 is 1.53 bits per heavy atom. The molecule has 88 valence electrons. The Bertz CT molecular complexity index is 559. The van der Waals surface area contributed by atoms with E-state index in [2.05, 4.69) is 26.5 Å². The number of nitrogens with zero attached hydrogens (tertiary/aromatic N) is 1. The fourth-order valence-corrected chi connectivity index (χ4v) is 2.25. The van der Waals surface area contributed by atoms with Gasteiger partial charge >= 0.3 is 5.91 Å². The molecular formula is C11H9BrN2O2S. The van der Waals surface area contributed by atoms with Gasteiger partial charge in [0.05, 0.1) is 6.21 Å². The molecule has 0 saturated heterocycles. The zero-order chi connectivity index (χ0) is 12.3. The normalized spacial score (nSPS) is 10.9. The Morgan fingerprint density at radius 3 is 2.94 bits per heavy atom. The van der Waals surface area contributed by atoms with Gasteiger partial charge in [-0.15, -0.1) is 11.3 Å². The molecule has 0 aliphatic rings. The van der Waals surface area contributed by atoms with Crippen LogP contribution in [0.3, 0.4) is 0 Å². The number of thiophene rings is 1. The second-order valence-corrected chi connectivity index (χ2v) is 5.00. The molecule has 0 radical (unpaired) electrons. The maximum Gasteiger partial charge on any atom is 0.307 e. The van der Waals surface area contributed by atoms with E-state index < -0.39 is 0 Å². The highest BCUT2D eigenvalue weighted by molar-refractivity contribution is 9.10. The fraction of sp³-hybridized carbons (Fsp3) is 0.0909. The summed E-state index contributed by atoms with van der Waals surface area (Å²) in [4.78, 5) is 12.6. The zero-order valence-electron chi connectivity index (χ0n) is 8.94. The molecule has 6 heteroatoms. The third-order valence-electron chi connectivity index (χ3n) is 2.05. The van der Waals surface area contributed by atoms with E-state index in [0.717, 1.165) is 10.4 Å². The van der Waals surface area contributed by atoms with Gasteiger partial charge in [-0.3, -0.25) is 4.79 Å². The van der Waals surface area contributed by atoms with Gasteiger partial charge in [-0.25, -0.2) is 5.43 Å². The van der Waals surface area contributed by atoms with Crippen LogP contribution < -0.4 is 5.43 Å². The van der Waals surface area contributed by atoms with Crippen LogP contribution in [-0.4, -0.2) is 12.1 Å². The molecule has 2 heterocycles. The predicted molar refractivity (Wildman–Crippen MR) is 70.5 cm³/mol. The highest BCUT2D eigenvalue weighted by Gasteiger charge is 2.08. The first kappa shape index (κ1) is 12.1. The van der Waals surface area contributed by atoms with Gasteiger partial charge in [0.25, 0.3) is 0 Å². The Hall–Kier alpha value is -1.40. The summed E-state index contributed by atoms with van der Waals surface area (Å²) in [6.07, 6.45) is 1.62. The average molecular weight is 313 g/mol. The largest absolute Gasteiger partial charge is 0.444 e. The molecule has 1 amide bonds. The van der Waals surface area contributed by atoms with Crippen molar-refractivity contribution < 1.29 is 9.21 Å². The van der Waals surface area contributed by atoms with Crippen molar-refractivity contribution in [3.63, 3.8) is 0 Å². The standard InChI is InChI=1S/C11H9BrN2O2S/c1-7-4-5-17-9(7)6-13-14-11(15)8-2-3-10(12)16-8/h2-6H,1H3,(H,14,15)/b13-6-. The molecule has 2 aromatic rings. The average Bonchev–Trinajstić information content (AvgIpc) is 2.88. The van der Waals surface area contributed by atoms with Crippen molar-refractivity contribution in [3.8, 4) is 0 Å². The third kappa shape index (κ3) is 3.04. The number of hydrogen-bond acceptors (Lipinski definition) is 4. The van der Waals surface area contributed by atoms with Gasteiger partial charge in [0.1, 0.15) is 0 Å². The Labute approximate surface area is 110 Å². The fourth-order valence-electron chi connectivity index (χ4n) is 1.16. The van der Waals surface area contributed by atoms with Crippen molar-refractivity contribution in [3.05, 3.63) is 44.4 Å². The first-order chi connectivity index (χ1) is 8.16. The van der Waals surface area contributed by atoms with Crippen LogP contribution in [0.4, 0.5) is 0 Å². The lowest BCUT2D eigenvalue weighted by atomic mass is 10.3.